The lowest BCUT2D eigenvalue weighted by Crippen LogP contribution is -2.30. The van der Waals surface area contributed by atoms with Crippen molar-refractivity contribution >= 4 is 21.8 Å². The van der Waals surface area contributed by atoms with E-state index in [4.69, 9.17) is 4.74 Å². The number of hydrogen-bond acceptors (Lipinski definition) is 5. The summed E-state index contributed by atoms with van der Waals surface area (Å²) in [6.07, 6.45) is 0.272. The lowest BCUT2D eigenvalue weighted by molar-refractivity contribution is -0.121. The molecule has 3 aromatic rings. The average molecular weight is 416 g/mol. The molecule has 0 aliphatic carbocycles. The maximum absolute atomic E-state index is 12.3. The maximum atomic E-state index is 12.3. The van der Waals surface area contributed by atoms with E-state index < -0.39 is 0 Å². The smallest absolute Gasteiger partial charge is 0.224 e. The Morgan fingerprint density at radius 3 is 2.54 bits per heavy atom. The van der Waals surface area contributed by atoms with E-state index in [-0.39, 0.29) is 18.4 Å². The van der Waals surface area contributed by atoms with Crippen LogP contribution in [0.15, 0.2) is 53.0 Å². The second kappa shape index (κ2) is 8.09. The van der Waals surface area contributed by atoms with E-state index in [9.17, 15) is 4.79 Å². The van der Waals surface area contributed by atoms with Crippen molar-refractivity contribution in [1.29, 1.82) is 0 Å². The van der Waals surface area contributed by atoms with Crippen LogP contribution in [0, 0.1) is 0 Å². The molecule has 0 fully saturated rings. The first kappa shape index (κ1) is 18.1. The number of carbonyl (C=O) groups excluding carboxylic acids is 1. The Bertz CT molecular complexity index is 877. The summed E-state index contributed by atoms with van der Waals surface area (Å²) in [4.78, 5) is 12.3. The van der Waals surface area contributed by atoms with E-state index >= 15 is 0 Å². The van der Waals surface area contributed by atoms with Crippen LogP contribution in [0.5, 0.6) is 5.75 Å². The Hall–Kier alpha value is -2.74. The molecule has 1 aromatic heterocycles. The van der Waals surface area contributed by atoms with Gasteiger partial charge < -0.3 is 10.1 Å². The molecule has 0 bridgehead atoms. The molecule has 134 valence electrons. The zero-order chi connectivity index (χ0) is 18.5. The molecular weight excluding hydrogens is 398 g/mol. The Labute approximate surface area is 159 Å². The minimum atomic E-state index is -0.334. The fraction of sp³-hybridized carbons (Fsp3) is 0.222. The van der Waals surface area contributed by atoms with Crippen LogP contribution in [0.1, 0.15) is 24.4 Å². The quantitative estimate of drug-likeness (QED) is 0.669. The molecule has 8 heteroatoms. The van der Waals surface area contributed by atoms with Gasteiger partial charge in [-0.05, 0) is 59.3 Å². The lowest BCUT2D eigenvalue weighted by atomic mass is 10.1. The van der Waals surface area contributed by atoms with Gasteiger partial charge in [0.2, 0.25) is 5.91 Å². The Morgan fingerprint density at radius 2 is 1.88 bits per heavy atom. The van der Waals surface area contributed by atoms with Crippen molar-refractivity contribution < 1.29 is 9.53 Å². The van der Waals surface area contributed by atoms with Gasteiger partial charge in [-0.2, -0.15) is 4.68 Å². The van der Waals surface area contributed by atoms with Crippen molar-refractivity contribution in [2.45, 2.75) is 19.4 Å². The number of nitrogens with one attached hydrogen (secondary N) is 1. The number of ether oxygens (including phenoxy) is 1. The number of amides is 1. The summed E-state index contributed by atoms with van der Waals surface area (Å²) >= 11 is 3.40. The van der Waals surface area contributed by atoms with Gasteiger partial charge in [0.15, 0.2) is 5.82 Å². The molecule has 1 heterocycles. The van der Waals surface area contributed by atoms with Gasteiger partial charge in [0.25, 0.3) is 0 Å². The Kier molecular flexibility index (Phi) is 5.62. The van der Waals surface area contributed by atoms with Gasteiger partial charge >= 0.3 is 0 Å². The second-order valence-electron chi connectivity index (χ2n) is 5.74. The number of hydrogen-bond donors (Lipinski definition) is 1. The van der Waals surface area contributed by atoms with Gasteiger partial charge in [-0.15, -0.1) is 5.10 Å². The van der Waals surface area contributed by atoms with Crippen LogP contribution in [-0.2, 0) is 11.2 Å². The number of methoxy groups -OCH3 is 1. The average Bonchev–Trinajstić information content (AvgIpc) is 3.13. The SMILES string of the molecule is COc1ccc(CC(=O)NC(C)c2nnnn2-c2ccc(Br)cc2)cc1. The minimum absolute atomic E-state index is 0.104. The van der Waals surface area contributed by atoms with Gasteiger partial charge in [-0.25, -0.2) is 0 Å². The third kappa shape index (κ3) is 4.26. The van der Waals surface area contributed by atoms with Crippen LogP contribution < -0.4 is 10.1 Å². The van der Waals surface area contributed by atoms with E-state index in [1.54, 1.807) is 11.8 Å². The second-order valence-corrected chi connectivity index (χ2v) is 6.66. The first-order valence-corrected chi connectivity index (χ1v) is 8.82. The highest BCUT2D eigenvalue weighted by atomic mass is 79.9. The molecule has 3 rings (SSSR count). The van der Waals surface area contributed by atoms with E-state index in [0.29, 0.717) is 5.82 Å². The Balaban J connectivity index is 1.68. The first-order valence-electron chi connectivity index (χ1n) is 8.03. The van der Waals surface area contributed by atoms with E-state index in [1.165, 1.54) is 0 Å². The number of nitrogens with zero attached hydrogens (tertiary/aromatic N) is 4. The highest BCUT2D eigenvalue weighted by molar-refractivity contribution is 9.10. The molecule has 1 unspecified atom stereocenters. The van der Waals surface area contributed by atoms with Crippen molar-refractivity contribution in [3.05, 3.63) is 64.4 Å². The number of tetrazole rings is 1. The van der Waals surface area contributed by atoms with Crippen molar-refractivity contribution in [2.24, 2.45) is 0 Å². The van der Waals surface area contributed by atoms with Crippen LogP contribution >= 0.6 is 15.9 Å². The lowest BCUT2D eigenvalue weighted by Gasteiger charge is -2.14. The Morgan fingerprint density at radius 1 is 1.19 bits per heavy atom. The molecule has 0 saturated heterocycles. The van der Waals surface area contributed by atoms with Gasteiger partial charge in [0.1, 0.15) is 5.75 Å². The molecule has 0 spiro atoms. The van der Waals surface area contributed by atoms with Crippen LogP contribution in [0.25, 0.3) is 5.69 Å². The van der Waals surface area contributed by atoms with Crippen LogP contribution in [0.2, 0.25) is 0 Å². The van der Waals surface area contributed by atoms with Gasteiger partial charge in [0, 0.05) is 4.47 Å². The summed E-state index contributed by atoms with van der Waals surface area (Å²) in [7, 11) is 1.61. The normalized spacial score (nSPS) is 11.8. The fourth-order valence-electron chi connectivity index (χ4n) is 2.52. The van der Waals surface area contributed by atoms with Crippen molar-refractivity contribution in [2.75, 3.05) is 7.11 Å². The molecule has 2 aromatic carbocycles. The summed E-state index contributed by atoms with van der Waals surface area (Å²) in [5, 5.41) is 14.8. The summed E-state index contributed by atoms with van der Waals surface area (Å²) in [5.74, 6) is 1.22. The maximum Gasteiger partial charge on any atom is 0.224 e. The van der Waals surface area contributed by atoms with Crippen molar-refractivity contribution in [3.8, 4) is 11.4 Å². The molecule has 26 heavy (non-hydrogen) atoms. The predicted molar refractivity (Wildman–Crippen MR) is 100 cm³/mol. The topological polar surface area (TPSA) is 81.9 Å². The zero-order valence-electron chi connectivity index (χ0n) is 14.4. The van der Waals surface area contributed by atoms with Crippen molar-refractivity contribution in [1.82, 2.24) is 25.5 Å². The number of halogens is 1. The van der Waals surface area contributed by atoms with Crippen LogP contribution in [0.3, 0.4) is 0 Å². The summed E-state index contributed by atoms with van der Waals surface area (Å²) in [6.45, 7) is 1.85. The highest BCUT2D eigenvalue weighted by Gasteiger charge is 2.18. The number of rotatable bonds is 6. The van der Waals surface area contributed by atoms with Crippen LogP contribution in [0.4, 0.5) is 0 Å². The molecule has 0 aliphatic heterocycles. The minimum Gasteiger partial charge on any atom is -0.497 e. The molecule has 0 aliphatic rings. The largest absolute Gasteiger partial charge is 0.497 e. The van der Waals surface area contributed by atoms with Gasteiger partial charge in [0.05, 0.1) is 25.3 Å². The van der Waals surface area contributed by atoms with E-state index in [2.05, 4.69) is 36.8 Å². The third-order valence-corrected chi connectivity index (χ3v) is 4.38. The fourth-order valence-corrected chi connectivity index (χ4v) is 2.78. The third-order valence-electron chi connectivity index (χ3n) is 3.85. The van der Waals surface area contributed by atoms with Crippen LogP contribution in [-0.4, -0.2) is 33.2 Å². The van der Waals surface area contributed by atoms with E-state index in [1.807, 2.05) is 55.5 Å². The van der Waals surface area contributed by atoms with Gasteiger partial charge in [-0.3, -0.25) is 4.79 Å². The number of carbonyl (C=O) groups is 1. The zero-order valence-corrected chi connectivity index (χ0v) is 16.0. The standard InChI is InChI=1S/C18H18BrN5O2/c1-12(20-17(25)11-13-3-9-16(26-2)10-4-13)18-21-22-23-24(18)15-7-5-14(19)6-8-15/h3-10,12H,11H2,1-2H3,(H,20,25). The molecule has 7 nitrogen and oxygen atoms in total. The van der Waals surface area contributed by atoms with Gasteiger partial charge in [-0.1, -0.05) is 28.1 Å². The summed E-state index contributed by atoms with van der Waals surface area (Å²) < 4.78 is 7.71. The molecule has 0 radical (unpaired) electrons. The van der Waals surface area contributed by atoms with Crippen molar-refractivity contribution in [3.63, 3.8) is 0 Å². The monoisotopic (exact) mass is 415 g/mol. The first-order chi connectivity index (χ1) is 12.6. The summed E-state index contributed by atoms with van der Waals surface area (Å²) in [5.41, 5.74) is 1.73. The molecule has 0 saturated carbocycles. The predicted octanol–water partition coefficient (Wildman–Crippen LogP) is 2.85. The summed E-state index contributed by atoms with van der Waals surface area (Å²) in [6, 6.07) is 14.7. The molecule has 1 atom stereocenters. The highest BCUT2D eigenvalue weighted by Crippen LogP contribution is 2.17. The molecular formula is C18H18BrN5O2. The molecule has 1 amide bonds. The number of aromatic nitrogens is 4. The molecule has 1 N–H and O–H groups in total. The van der Waals surface area contributed by atoms with E-state index in [0.717, 1.165) is 21.5 Å². The number of benzene rings is 2.